The summed E-state index contributed by atoms with van der Waals surface area (Å²) in [4.78, 5) is 11.3. The number of carbonyl (C=O) groups is 1. The van der Waals surface area contributed by atoms with Gasteiger partial charge < -0.3 is 10.1 Å². The summed E-state index contributed by atoms with van der Waals surface area (Å²) in [5, 5.41) is 2.59. The Balaban J connectivity index is 3.16. The fourth-order valence-electron chi connectivity index (χ4n) is 1.23. The molecule has 7 heteroatoms. The number of nitrogens with one attached hydrogen (secondary N) is 1. The third-order valence-corrected chi connectivity index (χ3v) is 3.56. The number of hydrogen-bond acceptors (Lipinski definition) is 4. The number of methoxy groups -OCH3 is 1. The average Bonchev–Trinajstić information content (AvgIpc) is 2.27. The molecule has 18 heavy (non-hydrogen) atoms. The molecule has 1 rings (SSSR count). The van der Waals surface area contributed by atoms with Crippen LogP contribution in [-0.2, 0) is 13.8 Å². The van der Waals surface area contributed by atoms with Crippen LogP contribution in [0.4, 0.5) is 5.69 Å². The van der Waals surface area contributed by atoms with E-state index in [1.807, 2.05) is 0 Å². The predicted molar refractivity (Wildman–Crippen MR) is 69.5 cm³/mol. The van der Waals surface area contributed by atoms with Crippen LogP contribution in [0.15, 0.2) is 23.1 Å². The molecule has 0 aromatic heterocycles. The van der Waals surface area contributed by atoms with Gasteiger partial charge in [-0.25, -0.2) is 8.42 Å². The monoisotopic (exact) mass is 291 g/mol. The first-order chi connectivity index (χ1) is 8.25. The highest BCUT2D eigenvalue weighted by Gasteiger charge is 2.18. The summed E-state index contributed by atoms with van der Waals surface area (Å²) in [7, 11) is 2.71. The van der Waals surface area contributed by atoms with E-state index >= 15 is 0 Å². The summed E-state index contributed by atoms with van der Waals surface area (Å²) in [5.41, 5.74) is 0.355. The molecular weight excluding hydrogens is 278 g/mol. The lowest BCUT2D eigenvalue weighted by Gasteiger charge is -2.10. The Hall–Kier alpha value is -1.27. The van der Waals surface area contributed by atoms with Crippen molar-refractivity contribution in [1.82, 2.24) is 0 Å². The normalized spacial score (nSPS) is 11.4. The molecular formula is C11H14ClNO4S. The van der Waals surface area contributed by atoms with E-state index in [0.29, 0.717) is 5.69 Å². The smallest absolute Gasteiger partial charge is 0.265 e. The van der Waals surface area contributed by atoms with E-state index in [0.717, 1.165) is 0 Å². The van der Waals surface area contributed by atoms with Gasteiger partial charge >= 0.3 is 0 Å². The van der Waals surface area contributed by atoms with Crippen molar-refractivity contribution >= 4 is 31.3 Å². The molecule has 1 aromatic rings. The first kappa shape index (κ1) is 14.8. The molecule has 1 amide bonds. The van der Waals surface area contributed by atoms with Crippen molar-refractivity contribution in [3.8, 4) is 5.75 Å². The predicted octanol–water partition coefficient (Wildman–Crippen LogP) is 2.22. The van der Waals surface area contributed by atoms with Crippen LogP contribution in [0.2, 0.25) is 0 Å². The Labute approximate surface area is 111 Å². The SMILES string of the molecule is COc1ccc(NC(=O)C(C)C)cc1S(=O)(=O)Cl. The number of amides is 1. The van der Waals surface area contributed by atoms with Gasteiger partial charge in [-0.1, -0.05) is 13.8 Å². The Morgan fingerprint density at radius 3 is 2.44 bits per heavy atom. The van der Waals surface area contributed by atoms with Gasteiger partial charge in [0.2, 0.25) is 5.91 Å². The summed E-state index contributed by atoms with van der Waals surface area (Å²) in [5.74, 6) is -0.284. The summed E-state index contributed by atoms with van der Waals surface area (Å²) in [6, 6.07) is 4.25. The molecule has 1 N–H and O–H groups in total. The summed E-state index contributed by atoms with van der Waals surface area (Å²) in [6.45, 7) is 3.47. The van der Waals surface area contributed by atoms with Crippen molar-refractivity contribution < 1.29 is 17.9 Å². The lowest BCUT2D eigenvalue weighted by atomic mass is 10.2. The van der Waals surface area contributed by atoms with Gasteiger partial charge in [-0.2, -0.15) is 0 Å². The number of hydrogen-bond donors (Lipinski definition) is 1. The van der Waals surface area contributed by atoms with Gasteiger partial charge in [0.05, 0.1) is 7.11 Å². The van der Waals surface area contributed by atoms with Crippen LogP contribution >= 0.6 is 10.7 Å². The van der Waals surface area contributed by atoms with Gasteiger partial charge in [0.25, 0.3) is 9.05 Å². The minimum absolute atomic E-state index is 0.132. The number of ether oxygens (including phenoxy) is 1. The topological polar surface area (TPSA) is 72.5 Å². The number of halogens is 1. The van der Waals surface area contributed by atoms with Crippen molar-refractivity contribution in [2.24, 2.45) is 5.92 Å². The molecule has 5 nitrogen and oxygen atoms in total. The first-order valence-corrected chi connectivity index (χ1v) is 7.50. The van der Waals surface area contributed by atoms with Gasteiger partial charge in [0, 0.05) is 22.3 Å². The maximum Gasteiger partial charge on any atom is 0.265 e. The molecule has 0 fully saturated rings. The minimum atomic E-state index is -3.93. The van der Waals surface area contributed by atoms with E-state index in [1.165, 1.54) is 19.2 Å². The van der Waals surface area contributed by atoms with Gasteiger partial charge in [0.1, 0.15) is 10.6 Å². The average molecular weight is 292 g/mol. The Kier molecular flexibility index (Phi) is 4.59. The zero-order chi connectivity index (χ0) is 13.9. The molecule has 0 unspecified atom stereocenters. The molecule has 0 saturated carbocycles. The minimum Gasteiger partial charge on any atom is -0.495 e. The fourth-order valence-corrected chi connectivity index (χ4v) is 2.25. The standard InChI is InChI=1S/C11H14ClNO4S/c1-7(2)11(14)13-8-4-5-9(17-3)10(6-8)18(12,15)16/h4-7H,1-3H3,(H,13,14). The van der Waals surface area contributed by atoms with Gasteiger partial charge in [-0.15, -0.1) is 0 Å². The Bertz CT molecular complexity index is 554. The van der Waals surface area contributed by atoms with Crippen molar-refractivity contribution in [3.63, 3.8) is 0 Å². The third-order valence-electron chi connectivity index (χ3n) is 2.22. The molecule has 0 saturated heterocycles. The largest absolute Gasteiger partial charge is 0.495 e. The second-order valence-electron chi connectivity index (χ2n) is 3.95. The van der Waals surface area contributed by atoms with Crippen LogP contribution in [-0.4, -0.2) is 21.4 Å². The highest BCUT2D eigenvalue weighted by atomic mass is 35.7. The Morgan fingerprint density at radius 1 is 1.39 bits per heavy atom. The first-order valence-electron chi connectivity index (χ1n) is 5.19. The quantitative estimate of drug-likeness (QED) is 0.863. The van der Waals surface area contributed by atoms with E-state index in [2.05, 4.69) is 5.32 Å². The van der Waals surface area contributed by atoms with Crippen LogP contribution < -0.4 is 10.1 Å². The molecule has 0 spiro atoms. The summed E-state index contributed by atoms with van der Waals surface area (Å²) < 4.78 is 27.6. The van der Waals surface area contributed by atoms with Crippen LogP contribution in [0.1, 0.15) is 13.8 Å². The van der Waals surface area contributed by atoms with Crippen LogP contribution in [0, 0.1) is 5.92 Å². The molecule has 0 atom stereocenters. The van der Waals surface area contributed by atoms with Crippen molar-refractivity contribution in [2.75, 3.05) is 12.4 Å². The third kappa shape index (κ3) is 3.61. The molecule has 100 valence electrons. The highest BCUT2D eigenvalue weighted by molar-refractivity contribution is 8.13. The molecule has 0 heterocycles. The van der Waals surface area contributed by atoms with Crippen LogP contribution in [0.25, 0.3) is 0 Å². The highest BCUT2D eigenvalue weighted by Crippen LogP contribution is 2.29. The summed E-state index contributed by atoms with van der Waals surface area (Å²) in [6.07, 6.45) is 0. The molecule has 0 radical (unpaired) electrons. The van der Waals surface area contributed by atoms with Gasteiger partial charge in [-0.3, -0.25) is 4.79 Å². The van der Waals surface area contributed by atoms with Crippen molar-refractivity contribution in [3.05, 3.63) is 18.2 Å². The van der Waals surface area contributed by atoms with Crippen molar-refractivity contribution in [2.45, 2.75) is 18.7 Å². The lowest BCUT2D eigenvalue weighted by Crippen LogP contribution is -2.17. The second-order valence-corrected chi connectivity index (χ2v) is 6.48. The maximum atomic E-state index is 11.5. The second kappa shape index (κ2) is 5.58. The number of anilines is 1. The van der Waals surface area contributed by atoms with Crippen molar-refractivity contribution in [1.29, 1.82) is 0 Å². The number of rotatable bonds is 4. The molecule has 0 bridgehead atoms. The fraction of sp³-hybridized carbons (Fsp3) is 0.364. The van der Waals surface area contributed by atoms with E-state index < -0.39 is 9.05 Å². The maximum absolute atomic E-state index is 11.5. The van der Waals surface area contributed by atoms with E-state index in [-0.39, 0.29) is 22.5 Å². The Morgan fingerprint density at radius 2 is 2.00 bits per heavy atom. The lowest BCUT2D eigenvalue weighted by molar-refractivity contribution is -0.118. The molecule has 1 aromatic carbocycles. The summed E-state index contributed by atoms with van der Waals surface area (Å²) >= 11 is 0. The molecule has 0 aliphatic rings. The number of carbonyl (C=O) groups excluding carboxylic acids is 1. The van der Waals surface area contributed by atoms with E-state index in [4.69, 9.17) is 15.4 Å². The molecule has 0 aliphatic carbocycles. The van der Waals surface area contributed by atoms with Crippen LogP contribution in [0.5, 0.6) is 5.75 Å². The number of benzene rings is 1. The van der Waals surface area contributed by atoms with Gasteiger partial charge in [0.15, 0.2) is 0 Å². The van der Waals surface area contributed by atoms with E-state index in [9.17, 15) is 13.2 Å². The van der Waals surface area contributed by atoms with E-state index in [1.54, 1.807) is 19.9 Å². The van der Waals surface area contributed by atoms with Crippen LogP contribution in [0.3, 0.4) is 0 Å². The van der Waals surface area contributed by atoms with Gasteiger partial charge in [-0.05, 0) is 18.2 Å². The zero-order valence-corrected chi connectivity index (χ0v) is 11.8. The molecule has 0 aliphatic heterocycles. The zero-order valence-electron chi connectivity index (χ0n) is 10.2.